The van der Waals surface area contributed by atoms with Crippen LogP contribution in [0.3, 0.4) is 0 Å². The molecule has 3 rings (SSSR count). The number of alkyl halides is 1. The first-order valence-electron chi connectivity index (χ1n) is 6.99. The van der Waals surface area contributed by atoms with E-state index in [2.05, 4.69) is 4.98 Å². The van der Waals surface area contributed by atoms with Gasteiger partial charge in [-0.1, -0.05) is 18.2 Å². The van der Waals surface area contributed by atoms with Crippen molar-refractivity contribution >= 4 is 22.8 Å². The lowest BCUT2D eigenvalue weighted by Gasteiger charge is -2.19. The van der Waals surface area contributed by atoms with Crippen molar-refractivity contribution in [2.45, 2.75) is 19.0 Å². The number of aliphatic carboxylic acids is 1. The number of amides is 1. The van der Waals surface area contributed by atoms with E-state index < -0.39 is 18.2 Å². The molecular formula is C16H15FN2O3. The predicted octanol–water partition coefficient (Wildman–Crippen LogP) is 2.18. The van der Waals surface area contributed by atoms with Crippen molar-refractivity contribution in [2.24, 2.45) is 0 Å². The Labute approximate surface area is 126 Å². The molecule has 1 amide bonds. The van der Waals surface area contributed by atoms with E-state index in [0.29, 0.717) is 22.2 Å². The molecule has 1 unspecified atom stereocenters. The van der Waals surface area contributed by atoms with Crippen molar-refractivity contribution < 1.29 is 19.1 Å². The Bertz CT molecular complexity index is 777. The molecule has 5 nitrogen and oxygen atoms in total. The summed E-state index contributed by atoms with van der Waals surface area (Å²) in [5.74, 6) is -1.87. The van der Waals surface area contributed by atoms with Crippen molar-refractivity contribution in [1.82, 2.24) is 9.88 Å². The van der Waals surface area contributed by atoms with Gasteiger partial charge in [-0.15, -0.1) is 0 Å². The zero-order valence-corrected chi connectivity index (χ0v) is 12.0. The van der Waals surface area contributed by atoms with Crippen LogP contribution in [0.4, 0.5) is 4.39 Å². The third kappa shape index (κ3) is 2.30. The first-order valence-corrected chi connectivity index (χ1v) is 6.99. The second-order valence-electron chi connectivity index (χ2n) is 5.58. The highest BCUT2D eigenvalue weighted by molar-refractivity contribution is 6.06. The van der Waals surface area contributed by atoms with Crippen LogP contribution < -0.4 is 0 Å². The Morgan fingerprint density at radius 3 is 2.77 bits per heavy atom. The Hall–Kier alpha value is -2.50. The van der Waals surface area contributed by atoms with Crippen molar-refractivity contribution in [3.05, 3.63) is 41.6 Å². The van der Waals surface area contributed by atoms with E-state index >= 15 is 0 Å². The van der Waals surface area contributed by atoms with Crippen LogP contribution in [0.2, 0.25) is 0 Å². The number of aryl methyl sites for hydroxylation is 1. The molecule has 0 aliphatic carbocycles. The third-order valence-electron chi connectivity index (χ3n) is 3.96. The van der Waals surface area contributed by atoms with Gasteiger partial charge in [0.15, 0.2) is 0 Å². The molecule has 22 heavy (non-hydrogen) atoms. The summed E-state index contributed by atoms with van der Waals surface area (Å²) in [7, 11) is 0. The molecule has 1 atom stereocenters. The number of pyridine rings is 1. The maximum Gasteiger partial charge on any atom is 0.343 e. The topological polar surface area (TPSA) is 70.5 Å². The van der Waals surface area contributed by atoms with Gasteiger partial charge in [0.2, 0.25) is 5.67 Å². The van der Waals surface area contributed by atoms with Gasteiger partial charge in [-0.25, -0.2) is 9.18 Å². The standard InChI is InChI=1S/C16H15FN2O3/c1-10-8-12(11-4-2-3-5-13(11)18-10)14(20)19-7-6-16(17,9-19)15(21)22/h2-5,8H,6-7,9H2,1H3,(H,21,22). The highest BCUT2D eigenvalue weighted by Crippen LogP contribution is 2.28. The maximum absolute atomic E-state index is 14.1. The second kappa shape index (κ2) is 5.05. The molecule has 0 spiro atoms. The van der Waals surface area contributed by atoms with Crippen LogP contribution in [-0.2, 0) is 4.79 Å². The molecule has 114 valence electrons. The smallest absolute Gasteiger partial charge is 0.343 e. The first-order chi connectivity index (χ1) is 10.4. The van der Waals surface area contributed by atoms with Crippen LogP contribution in [0.5, 0.6) is 0 Å². The molecule has 1 N–H and O–H groups in total. The molecule has 1 aliphatic heterocycles. The Balaban J connectivity index is 1.99. The van der Waals surface area contributed by atoms with E-state index in [0.717, 1.165) is 0 Å². The lowest BCUT2D eigenvalue weighted by atomic mass is 10.1. The number of aromatic nitrogens is 1. The van der Waals surface area contributed by atoms with Crippen molar-refractivity contribution in [2.75, 3.05) is 13.1 Å². The maximum atomic E-state index is 14.1. The summed E-state index contributed by atoms with van der Waals surface area (Å²) in [6.07, 6.45) is -0.184. The van der Waals surface area contributed by atoms with Crippen LogP contribution >= 0.6 is 0 Å². The highest BCUT2D eigenvalue weighted by atomic mass is 19.1. The quantitative estimate of drug-likeness (QED) is 0.923. The number of carbonyl (C=O) groups excluding carboxylic acids is 1. The molecule has 2 heterocycles. The number of hydrogen-bond acceptors (Lipinski definition) is 3. The molecule has 2 aromatic rings. The van der Waals surface area contributed by atoms with E-state index in [9.17, 15) is 14.0 Å². The summed E-state index contributed by atoms with van der Waals surface area (Å²) in [6.45, 7) is 1.46. The van der Waals surface area contributed by atoms with Gasteiger partial charge in [0.1, 0.15) is 0 Å². The number of carboxylic acids is 1. The summed E-state index contributed by atoms with van der Waals surface area (Å²) in [5.41, 5.74) is -0.549. The Kier molecular flexibility index (Phi) is 3.31. The Morgan fingerprint density at radius 2 is 2.09 bits per heavy atom. The number of carboxylic acid groups (broad SMARTS) is 1. The normalized spacial score (nSPS) is 21.3. The van der Waals surface area contributed by atoms with Gasteiger partial charge < -0.3 is 10.0 Å². The second-order valence-corrected chi connectivity index (χ2v) is 5.58. The van der Waals surface area contributed by atoms with E-state index in [1.807, 2.05) is 6.07 Å². The van der Waals surface area contributed by atoms with Crippen molar-refractivity contribution in [3.63, 3.8) is 0 Å². The summed E-state index contributed by atoms with van der Waals surface area (Å²) < 4.78 is 14.1. The minimum absolute atomic E-state index is 0.0946. The number of para-hydroxylation sites is 1. The van der Waals surface area contributed by atoms with Gasteiger partial charge >= 0.3 is 5.97 Å². The zero-order chi connectivity index (χ0) is 15.9. The van der Waals surface area contributed by atoms with Gasteiger partial charge in [-0.05, 0) is 19.1 Å². The minimum Gasteiger partial charge on any atom is -0.479 e. The van der Waals surface area contributed by atoms with E-state index in [1.54, 1.807) is 31.2 Å². The fourth-order valence-corrected chi connectivity index (χ4v) is 2.78. The van der Waals surface area contributed by atoms with Crippen LogP contribution in [0.1, 0.15) is 22.5 Å². The monoisotopic (exact) mass is 302 g/mol. The van der Waals surface area contributed by atoms with E-state index in [1.165, 1.54) is 4.90 Å². The molecule has 0 bridgehead atoms. The number of halogens is 1. The molecule has 0 radical (unpaired) electrons. The lowest BCUT2D eigenvalue weighted by Crippen LogP contribution is -2.39. The molecular weight excluding hydrogens is 287 g/mol. The van der Waals surface area contributed by atoms with Gasteiger partial charge in [0.25, 0.3) is 5.91 Å². The van der Waals surface area contributed by atoms with Crippen LogP contribution in [0, 0.1) is 6.92 Å². The molecule has 1 saturated heterocycles. The molecule has 6 heteroatoms. The van der Waals surface area contributed by atoms with Crippen molar-refractivity contribution in [1.29, 1.82) is 0 Å². The Morgan fingerprint density at radius 1 is 1.36 bits per heavy atom. The molecule has 1 aromatic heterocycles. The van der Waals surface area contributed by atoms with Gasteiger partial charge in [0.05, 0.1) is 17.6 Å². The number of fused-ring (bicyclic) bond motifs is 1. The van der Waals surface area contributed by atoms with Gasteiger partial charge in [0, 0.05) is 24.0 Å². The summed E-state index contributed by atoms with van der Waals surface area (Å²) in [4.78, 5) is 29.3. The van der Waals surface area contributed by atoms with Gasteiger partial charge in [-0.2, -0.15) is 0 Å². The van der Waals surface area contributed by atoms with Crippen LogP contribution in [0.25, 0.3) is 10.9 Å². The molecule has 1 aliphatic rings. The third-order valence-corrected chi connectivity index (χ3v) is 3.96. The number of likely N-dealkylation sites (tertiary alicyclic amines) is 1. The predicted molar refractivity (Wildman–Crippen MR) is 78.5 cm³/mol. The number of nitrogens with zero attached hydrogens (tertiary/aromatic N) is 2. The van der Waals surface area contributed by atoms with Gasteiger partial charge in [-0.3, -0.25) is 9.78 Å². The minimum atomic E-state index is -2.35. The van der Waals surface area contributed by atoms with E-state index in [4.69, 9.17) is 5.11 Å². The zero-order valence-electron chi connectivity index (χ0n) is 12.0. The largest absolute Gasteiger partial charge is 0.479 e. The molecule has 0 saturated carbocycles. The van der Waals surface area contributed by atoms with Crippen LogP contribution in [-0.4, -0.2) is 45.6 Å². The number of hydrogen-bond donors (Lipinski definition) is 1. The fraction of sp³-hybridized carbons (Fsp3) is 0.312. The van der Waals surface area contributed by atoms with Crippen molar-refractivity contribution in [3.8, 4) is 0 Å². The first kappa shape index (κ1) is 14.4. The number of rotatable bonds is 2. The molecule has 1 aromatic carbocycles. The average Bonchev–Trinajstić information content (AvgIpc) is 2.89. The SMILES string of the molecule is Cc1cc(C(=O)N2CCC(F)(C(=O)O)C2)c2ccccc2n1. The molecule has 1 fully saturated rings. The van der Waals surface area contributed by atoms with Crippen LogP contribution in [0.15, 0.2) is 30.3 Å². The lowest BCUT2D eigenvalue weighted by molar-refractivity contribution is -0.149. The number of benzene rings is 1. The number of carbonyl (C=O) groups is 2. The summed E-state index contributed by atoms with van der Waals surface area (Å²) in [6, 6.07) is 8.88. The van der Waals surface area contributed by atoms with E-state index in [-0.39, 0.29) is 18.9 Å². The summed E-state index contributed by atoms with van der Waals surface area (Å²) >= 11 is 0. The summed E-state index contributed by atoms with van der Waals surface area (Å²) in [5, 5.41) is 9.62. The fourth-order valence-electron chi connectivity index (χ4n) is 2.78. The highest BCUT2D eigenvalue weighted by Gasteiger charge is 2.47. The average molecular weight is 302 g/mol.